The van der Waals surface area contributed by atoms with E-state index in [-0.39, 0.29) is 12.5 Å². The number of pyridine rings is 1. The van der Waals surface area contributed by atoms with Gasteiger partial charge in [-0.15, -0.1) is 11.3 Å². The predicted molar refractivity (Wildman–Crippen MR) is 122 cm³/mol. The fraction of sp³-hybridized carbons (Fsp3) is 0.429. The Balaban J connectivity index is 1.60. The van der Waals surface area contributed by atoms with E-state index in [1.807, 2.05) is 18.7 Å². The molecule has 13 heteroatoms. The van der Waals surface area contributed by atoms with Crippen LogP contribution in [0.2, 0.25) is 5.02 Å². The number of fused-ring (bicyclic) bond motifs is 5. The number of thiazole rings is 1. The number of urea groups is 1. The second-order valence-electron chi connectivity index (χ2n) is 8.84. The summed E-state index contributed by atoms with van der Waals surface area (Å²) in [4.78, 5) is 50.5. The van der Waals surface area contributed by atoms with Crippen LogP contribution < -0.4 is 15.5 Å². The van der Waals surface area contributed by atoms with Crippen molar-refractivity contribution in [3.05, 3.63) is 21.8 Å². The van der Waals surface area contributed by atoms with Crippen LogP contribution in [0.5, 0.6) is 0 Å². The number of aryl methyl sites for hydroxylation is 1. The zero-order valence-corrected chi connectivity index (χ0v) is 19.9. The van der Waals surface area contributed by atoms with Crippen molar-refractivity contribution >= 4 is 57.6 Å². The van der Waals surface area contributed by atoms with E-state index in [0.29, 0.717) is 44.7 Å². The summed E-state index contributed by atoms with van der Waals surface area (Å²) in [5.41, 5.74) is 0.506. The smallest absolute Gasteiger partial charge is 0.328 e. The second kappa shape index (κ2) is 7.20. The zero-order chi connectivity index (χ0) is 23.9. The Morgan fingerprint density at radius 2 is 1.97 bits per heavy atom. The number of carbonyl (C=O) groups excluding carboxylic acids is 3. The van der Waals surface area contributed by atoms with Crippen molar-refractivity contribution in [3.8, 4) is 10.7 Å². The van der Waals surface area contributed by atoms with Gasteiger partial charge in [0.15, 0.2) is 11.1 Å². The van der Waals surface area contributed by atoms with Crippen molar-refractivity contribution in [2.45, 2.75) is 45.4 Å². The number of morpholine rings is 1. The molecule has 0 aliphatic carbocycles. The predicted octanol–water partition coefficient (Wildman–Crippen LogP) is 2.20. The lowest BCUT2D eigenvalue weighted by molar-refractivity contribution is -0.153. The Labute approximate surface area is 201 Å². The van der Waals surface area contributed by atoms with Crippen molar-refractivity contribution in [2.24, 2.45) is 5.41 Å². The maximum atomic E-state index is 13.3. The summed E-state index contributed by atoms with van der Waals surface area (Å²) >= 11 is 8.31. The van der Waals surface area contributed by atoms with Gasteiger partial charge in [-0.3, -0.25) is 20.2 Å². The van der Waals surface area contributed by atoms with Crippen molar-refractivity contribution in [2.75, 3.05) is 11.4 Å². The molecule has 2 N–H and O–H groups in total. The highest BCUT2D eigenvalue weighted by Gasteiger charge is 2.63. The molecule has 34 heavy (non-hydrogen) atoms. The number of rotatable bonds is 1. The first-order valence-electron chi connectivity index (χ1n) is 10.7. The van der Waals surface area contributed by atoms with E-state index < -0.39 is 35.4 Å². The number of hydrogen-bond donors (Lipinski definition) is 2. The highest BCUT2D eigenvalue weighted by Crippen LogP contribution is 2.50. The highest BCUT2D eigenvalue weighted by molar-refractivity contribution is 7.15. The molecule has 2 saturated heterocycles. The summed E-state index contributed by atoms with van der Waals surface area (Å²) in [6, 6.07) is -1.57. The Hall–Kier alpha value is -3.09. The number of barbiturate groups is 1. The summed E-state index contributed by atoms with van der Waals surface area (Å²) in [6.07, 6.45) is 0.927. The van der Waals surface area contributed by atoms with Crippen LogP contribution in [0, 0.1) is 12.3 Å². The lowest BCUT2D eigenvalue weighted by Crippen LogP contribution is -2.75. The molecule has 0 saturated carbocycles. The average Bonchev–Trinajstić information content (AvgIpc) is 3.37. The molecule has 176 valence electrons. The lowest BCUT2D eigenvalue weighted by atomic mass is 9.67. The third-order valence-corrected chi connectivity index (χ3v) is 7.87. The first-order chi connectivity index (χ1) is 16.2. The molecule has 3 aromatic rings. The van der Waals surface area contributed by atoms with Crippen LogP contribution in [-0.2, 0) is 20.7 Å². The number of anilines is 1. The SMILES string of the molecule is Cc1cnc(-c2noc3c(Cl)c4c(nc23)CC2(C(=O)NC(=O)NC2=O)C2[C@H](C)O[C@H](C)CN42)s1. The van der Waals surface area contributed by atoms with Gasteiger partial charge in [0.25, 0.3) is 0 Å². The van der Waals surface area contributed by atoms with Gasteiger partial charge in [0.2, 0.25) is 17.4 Å². The second-order valence-corrected chi connectivity index (χ2v) is 10.5. The van der Waals surface area contributed by atoms with Crippen LogP contribution in [-0.4, -0.2) is 57.8 Å². The van der Waals surface area contributed by atoms with Crippen LogP contribution >= 0.6 is 22.9 Å². The van der Waals surface area contributed by atoms with Gasteiger partial charge in [-0.1, -0.05) is 16.8 Å². The molecule has 3 atom stereocenters. The molecule has 6 heterocycles. The van der Waals surface area contributed by atoms with E-state index in [9.17, 15) is 14.4 Å². The highest BCUT2D eigenvalue weighted by atomic mass is 35.5. The van der Waals surface area contributed by atoms with Crippen molar-refractivity contribution in [1.29, 1.82) is 0 Å². The van der Waals surface area contributed by atoms with Gasteiger partial charge in [-0.2, -0.15) is 0 Å². The molecule has 4 amide bonds. The van der Waals surface area contributed by atoms with Gasteiger partial charge >= 0.3 is 6.03 Å². The van der Waals surface area contributed by atoms with Crippen LogP contribution in [0.1, 0.15) is 24.4 Å². The van der Waals surface area contributed by atoms with E-state index >= 15 is 0 Å². The normalized spacial score (nSPS) is 25.8. The lowest BCUT2D eigenvalue weighted by Gasteiger charge is -2.55. The van der Waals surface area contributed by atoms with Crippen LogP contribution in [0.15, 0.2) is 10.7 Å². The summed E-state index contributed by atoms with van der Waals surface area (Å²) in [5, 5.41) is 9.60. The van der Waals surface area contributed by atoms with Gasteiger partial charge in [0, 0.05) is 24.0 Å². The molecule has 1 spiro atoms. The van der Waals surface area contributed by atoms with E-state index in [0.717, 1.165) is 4.88 Å². The molecule has 1 unspecified atom stereocenters. The number of amides is 4. The zero-order valence-electron chi connectivity index (χ0n) is 18.3. The minimum absolute atomic E-state index is 0.0757. The van der Waals surface area contributed by atoms with Gasteiger partial charge in [0.05, 0.1) is 29.6 Å². The Morgan fingerprint density at radius 1 is 1.24 bits per heavy atom. The van der Waals surface area contributed by atoms with Crippen LogP contribution in [0.3, 0.4) is 0 Å². The van der Waals surface area contributed by atoms with Crippen LogP contribution in [0.25, 0.3) is 21.8 Å². The maximum Gasteiger partial charge on any atom is 0.328 e. The fourth-order valence-corrected chi connectivity index (χ4v) is 6.45. The molecular formula is C21H19ClN6O5S. The van der Waals surface area contributed by atoms with Gasteiger partial charge < -0.3 is 14.2 Å². The summed E-state index contributed by atoms with van der Waals surface area (Å²) in [7, 11) is 0. The van der Waals surface area contributed by atoms with E-state index in [1.165, 1.54) is 11.3 Å². The van der Waals surface area contributed by atoms with E-state index in [1.54, 1.807) is 13.1 Å². The molecule has 6 rings (SSSR count). The third kappa shape index (κ3) is 2.79. The Morgan fingerprint density at radius 3 is 2.65 bits per heavy atom. The monoisotopic (exact) mass is 502 g/mol. The van der Waals surface area contributed by atoms with Gasteiger partial charge in [-0.25, -0.2) is 14.8 Å². The molecule has 0 bridgehead atoms. The fourth-order valence-electron chi connectivity index (χ4n) is 5.36. The topological polar surface area (TPSA) is 140 Å². The van der Waals surface area contributed by atoms with Crippen molar-refractivity contribution < 1.29 is 23.6 Å². The van der Waals surface area contributed by atoms with Crippen molar-refractivity contribution in [3.63, 3.8) is 0 Å². The van der Waals surface area contributed by atoms with Crippen molar-refractivity contribution in [1.82, 2.24) is 25.8 Å². The van der Waals surface area contributed by atoms with E-state index in [4.69, 9.17) is 25.8 Å². The summed E-state index contributed by atoms with van der Waals surface area (Å²) < 4.78 is 11.6. The quantitative estimate of drug-likeness (QED) is 0.479. The maximum absolute atomic E-state index is 13.3. The number of imide groups is 2. The molecule has 2 fully saturated rings. The average molecular weight is 503 g/mol. The Bertz CT molecular complexity index is 1380. The largest absolute Gasteiger partial charge is 0.372 e. The Kier molecular flexibility index (Phi) is 4.54. The molecule has 3 aromatic heterocycles. The summed E-state index contributed by atoms with van der Waals surface area (Å²) in [6.45, 7) is 5.99. The molecule has 11 nitrogen and oxygen atoms in total. The standard InChI is InChI=1S/C21H19ClN6O5S/c1-7-6-28-14-10(4-21(16(28)9(3)32-7)18(29)25-20(31)26-19(21)30)24-12-13(17-23-5-8(2)34-17)27-33-15(12)11(14)22/h5,7,9,16H,4,6H2,1-3H3,(H2,25,26,29,30,31)/t7-,9+,16?/m1/s1. The van der Waals surface area contributed by atoms with Gasteiger partial charge in [0.1, 0.15) is 15.5 Å². The molecular weight excluding hydrogens is 484 g/mol. The number of aromatic nitrogens is 3. The number of hydrogen-bond acceptors (Lipinski definition) is 10. The minimum atomic E-state index is -1.64. The van der Waals surface area contributed by atoms with Gasteiger partial charge in [-0.05, 0) is 20.8 Å². The van der Waals surface area contributed by atoms with Crippen LogP contribution in [0.4, 0.5) is 10.5 Å². The number of nitrogens with zero attached hydrogens (tertiary/aromatic N) is 4. The number of nitrogens with one attached hydrogen (secondary N) is 2. The number of ether oxygens (including phenoxy) is 1. The minimum Gasteiger partial charge on any atom is -0.372 e. The number of carbonyl (C=O) groups is 3. The molecule has 0 aromatic carbocycles. The number of halogens is 1. The molecule has 0 radical (unpaired) electrons. The summed E-state index contributed by atoms with van der Waals surface area (Å²) in [5.74, 6) is -1.38. The molecule has 3 aliphatic heterocycles. The van der Waals surface area contributed by atoms with E-state index in [2.05, 4.69) is 20.8 Å². The molecule has 3 aliphatic rings. The first kappa shape index (κ1) is 21.4. The third-order valence-electron chi connectivity index (χ3n) is 6.60. The first-order valence-corrected chi connectivity index (χ1v) is 11.9.